The van der Waals surface area contributed by atoms with E-state index in [4.69, 9.17) is 4.52 Å². The van der Waals surface area contributed by atoms with Gasteiger partial charge >= 0.3 is 5.97 Å². The molecule has 0 aliphatic rings. The minimum Gasteiger partial charge on any atom is -0.467 e. The zero-order valence-electron chi connectivity index (χ0n) is 11.4. The summed E-state index contributed by atoms with van der Waals surface area (Å²) in [6.07, 6.45) is 2.25. The van der Waals surface area contributed by atoms with Crippen molar-refractivity contribution in [1.82, 2.24) is 15.5 Å². The van der Waals surface area contributed by atoms with E-state index in [1.54, 1.807) is 6.92 Å². The molecule has 7 heteroatoms. The quantitative estimate of drug-likeness (QED) is 0.730. The summed E-state index contributed by atoms with van der Waals surface area (Å²) < 4.78 is 9.52. The molecule has 19 heavy (non-hydrogen) atoms. The molecule has 1 N–H and O–H groups in total. The number of amides is 1. The number of carbonyl (C=O) groups is 2. The number of nitrogens with one attached hydrogen (secondary N) is 1. The van der Waals surface area contributed by atoms with Gasteiger partial charge in [-0.2, -0.15) is 4.98 Å². The molecule has 1 heterocycles. The van der Waals surface area contributed by atoms with Gasteiger partial charge in [0, 0.05) is 19.3 Å². The minimum absolute atomic E-state index is 0.190. The lowest BCUT2D eigenvalue weighted by Gasteiger charge is -2.10. The van der Waals surface area contributed by atoms with Crippen molar-refractivity contribution in [3.05, 3.63) is 11.7 Å². The van der Waals surface area contributed by atoms with Gasteiger partial charge in [0.2, 0.25) is 11.8 Å². The number of esters is 1. The fourth-order valence-corrected chi connectivity index (χ4v) is 1.49. The van der Waals surface area contributed by atoms with Crippen LogP contribution in [0.25, 0.3) is 0 Å². The summed E-state index contributed by atoms with van der Waals surface area (Å²) in [5.74, 6) is 0.356. The molecule has 1 unspecified atom stereocenters. The fourth-order valence-electron chi connectivity index (χ4n) is 1.49. The summed E-state index contributed by atoms with van der Waals surface area (Å²) in [5.41, 5.74) is 0. The molecule has 106 valence electrons. The van der Waals surface area contributed by atoms with Crippen LogP contribution in [0.3, 0.4) is 0 Å². The average Bonchev–Trinajstić information content (AvgIpc) is 2.83. The van der Waals surface area contributed by atoms with Crippen molar-refractivity contribution >= 4 is 11.9 Å². The highest BCUT2D eigenvalue weighted by Gasteiger charge is 2.16. The predicted octanol–water partition coefficient (Wildman–Crippen LogP) is 0.632. The second-order valence-electron chi connectivity index (χ2n) is 4.17. The number of nitrogens with zero attached hydrogens (tertiary/aromatic N) is 2. The van der Waals surface area contributed by atoms with Crippen LogP contribution in [-0.4, -0.2) is 35.2 Å². The van der Waals surface area contributed by atoms with Crippen molar-refractivity contribution in [1.29, 1.82) is 0 Å². The first-order chi connectivity index (χ1) is 9.06. The molecule has 1 atom stereocenters. The van der Waals surface area contributed by atoms with Gasteiger partial charge < -0.3 is 14.6 Å². The van der Waals surface area contributed by atoms with Crippen LogP contribution in [0.2, 0.25) is 0 Å². The number of aromatic nitrogens is 2. The van der Waals surface area contributed by atoms with E-state index in [-0.39, 0.29) is 12.3 Å². The van der Waals surface area contributed by atoms with Crippen molar-refractivity contribution in [3.8, 4) is 0 Å². The van der Waals surface area contributed by atoms with Gasteiger partial charge in [-0.05, 0) is 13.3 Å². The third-order valence-electron chi connectivity index (χ3n) is 2.48. The molecule has 0 aliphatic heterocycles. The van der Waals surface area contributed by atoms with E-state index in [0.29, 0.717) is 18.1 Å². The zero-order valence-corrected chi connectivity index (χ0v) is 11.4. The molecule has 0 fully saturated rings. The molecule has 0 saturated carbocycles. The third-order valence-corrected chi connectivity index (χ3v) is 2.48. The Kier molecular flexibility index (Phi) is 5.98. The highest BCUT2D eigenvalue weighted by Crippen LogP contribution is 2.03. The standard InChI is InChI=1S/C12H19N3O4/c1-4-5-9-14-11(19-15-9)7-6-10(16)13-8(2)12(17)18-3/h8H,4-7H2,1-3H3,(H,13,16). The lowest BCUT2D eigenvalue weighted by Crippen LogP contribution is -2.39. The number of hydrogen-bond donors (Lipinski definition) is 1. The second-order valence-corrected chi connectivity index (χ2v) is 4.17. The van der Waals surface area contributed by atoms with E-state index < -0.39 is 12.0 Å². The lowest BCUT2D eigenvalue weighted by atomic mass is 10.2. The van der Waals surface area contributed by atoms with Crippen LogP contribution >= 0.6 is 0 Å². The maximum absolute atomic E-state index is 11.6. The van der Waals surface area contributed by atoms with E-state index in [1.165, 1.54) is 7.11 Å². The Morgan fingerprint density at radius 1 is 1.42 bits per heavy atom. The lowest BCUT2D eigenvalue weighted by molar-refractivity contribution is -0.144. The maximum Gasteiger partial charge on any atom is 0.328 e. The Hall–Kier alpha value is -1.92. The summed E-state index contributed by atoms with van der Waals surface area (Å²) in [7, 11) is 1.28. The van der Waals surface area contributed by atoms with Crippen molar-refractivity contribution in [2.24, 2.45) is 0 Å². The molecule has 0 spiro atoms. The smallest absolute Gasteiger partial charge is 0.328 e. The van der Waals surface area contributed by atoms with Gasteiger partial charge in [-0.15, -0.1) is 0 Å². The van der Waals surface area contributed by atoms with Crippen LogP contribution in [-0.2, 0) is 27.2 Å². The Morgan fingerprint density at radius 2 is 2.16 bits per heavy atom. The van der Waals surface area contributed by atoms with Crippen LogP contribution in [0.4, 0.5) is 0 Å². The number of aryl methyl sites for hydroxylation is 2. The SMILES string of the molecule is CCCc1noc(CCC(=O)NC(C)C(=O)OC)n1. The first-order valence-electron chi connectivity index (χ1n) is 6.25. The molecule has 0 radical (unpaired) electrons. The highest BCUT2D eigenvalue weighted by molar-refractivity contribution is 5.84. The minimum atomic E-state index is -0.657. The van der Waals surface area contributed by atoms with Crippen LogP contribution in [0.5, 0.6) is 0 Å². The number of carbonyl (C=O) groups excluding carboxylic acids is 2. The Morgan fingerprint density at radius 3 is 2.79 bits per heavy atom. The Bertz CT molecular complexity index is 430. The number of methoxy groups -OCH3 is 1. The van der Waals surface area contributed by atoms with Crippen LogP contribution in [0, 0.1) is 0 Å². The molecular formula is C12H19N3O4. The average molecular weight is 269 g/mol. The molecular weight excluding hydrogens is 250 g/mol. The van der Waals surface area contributed by atoms with Gasteiger partial charge in [-0.25, -0.2) is 4.79 Å². The monoisotopic (exact) mass is 269 g/mol. The summed E-state index contributed by atoms with van der Waals surface area (Å²) in [5, 5.41) is 6.32. The van der Waals surface area contributed by atoms with Crippen LogP contribution in [0.1, 0.15) is 38.4 Å². The molecule has 1 rings (SSSR count). The molecule has 1 aromatic rings. The van der Waals surface area contributed by atoms with E-state index in [1.807, 2.05) is 6.92 Å². The summed E-state index contributed by atoms with van der Waals surface area (Å²) in [6, 6.07) is -0.657. The number of hydrogen-bond acceptors (Lipinski definition) is 6. The first kappa shape index (κ1) is 15.1. The topological polar surface area (TPSA) is 94.3 Å². The van der Waals surface area contributed by atoms with Crippen molar-refractivity contribution < 1.29 is 18.8 Å². The van der Waals surface area contributed by atoms with Crippen molar-refractivity contribution in [3.63, 3.8) is 0 Å². The zero-order chi connectivity index (χ0) is 14.3. The molecule has 0 saturated heterocycles. The van der Waals surface area contributed by atoms with Gasteiger partial charge in [0.05, 0.1) is 7.11 Å². The fraction of sp³-hybridized carbons (Fsp3) is 0.667. The Balaban J connectivity index is 2.35. The van der Waals surface area contributed by atoms with E-state index >= 15 is 0 Å². The summed E-state index contributed by atoms with van der Waals surface area (Å²) >= 11 is 0. The van der Waals surface area contributed by atoms with Gasteiger partial charge in [0.15, 0.2) is 5.82 Å². The third kappa shape index (κ3) is 5.07. The van der Waals surface area contributed by atoms with Crippen molar-refractivity contribution in [2.45, 2.75) is 45.6 Å². The van der Waals surface area contributed by atoms with E-state index in [9.17, 15) is 9.59 Å². The van der Waals surface area contributed by atoms with E-state index in [2.05, 4.69) is 20.2 Å². The molecule has 0 aromatic carbocycles. The molecule has 0 aliphatic carbocycles. The van der Waals surface area contributed by atoms with Gasteiger partial charge in [-0.3, -0.25) is 4.79 Å². The van der Waals surface area contributed by atoms with E-state index in [0.717, 1.165) is 12.8 Å². The number of ether oxygens (including phenoxy) is 1. The van der Waals surface area contributed by atoms with Gasteiger partial charge in [-0.1, -0.05) is 12.1 Å². The molecule has 7 nitrogen and oxygen atoms in total. The predicted molar refractivity (Wildman–Crippen MR) is 66.2 cm³/mol. The molecule has 0 bridgehead atoms. The summed E-state index contributed by atoms with van der Waals surface area (Å²) in [4.78, 5) is 26.8. The Labute approximate surface area is 111 Å². The first-order valence-corrected chi connectivity index (χ1v) is 6.25. The van der Waals surface area contributed by atoms with Crippen molar-refractivity contribution in [2.75, 3.05) is 7.11 Å². The van der Waals surface area contributed by atoms with Crippen LogP contribution in [0.15, 0.2) is 4.52 Å². The normalized spacial score (nSPS) is 11.9. The maximum atomic E-state index is 11.6. The second kappa shape index (κ2) is 7.50. The number of rotatable bonds is 7. The highest BCUT2D eigenvalue weighted by atomic mass is 16.5. The van der Waals surface area contributed by atoms with Crippen LogP contribution < -0.4 is 5.32 Å². The largest absolute Gasteiger partial charge is 0.467 e. The summed E-state index contributed by atoms with van der Waals surface area (Å²) in [6.45, 7) is 3.59. The molecule has 1 amide bonds. The van der Waals surface area contributed by atoms with Gasteiger partial charge in [0.25, 0.3) is 0 Å². The molecule has 1 aromatic heterocycles. The van der Waals surface area contributed by atoms with Gasteiger partial charge in [0.1, 0.15) is 6.04 Å².